The van der Waals surface area contributed by atoms with Crippen molar-refractivity contribution in [2.45, 2.75) is 0 Å². The third-order valence-electron chi connectivity index (χ3n) is 1.86. The van der Waals surface area contributed by atoms with Crippen LogP contribution >= 0.6 is 0 Å². The average molecular weight is 204 g/mol. The van der Waals surface area contributed by atoms with Gasteiger partial charge in [0.05, 0.1) is 13.7 Å². The van der Waals surface area contributed by atoms with E-state index in [4.69, 9.17) is 16.9 Å². The quantitative estimate of drug-likeness (QED) is 0.561. The number of carbonyl (C=O) groups excluding carboxylic acids is 1. The summed E-state index contributed by atoms with van der Waals surface area (Å²) in [4.78, 5) is 11.6. The number of carbonyl (C=O) groups is 1. The van der Waals surface area contributed by atoms with Crippen LogP contribution in [0, 0.1) is 12.3 Å². The maximum absolute atomic E-state index is 11.6. The lowest BCUT2D eigenvalue weighted by Crippen LogP contribution is -2.25. The number of anilines is 1. The third-order valence-corrected chi connectivity index (χ3v) is 1.86. The van der Waals surface area contributed by atoms with Crippen molar-refractivity contribution < 1.29 is 9.53 Å². The molecule has 0 radical (unpaired) electrons. The van der Waals surface area contributed by atoms with Gasteiger partial charge in [0.25, 0.3) is 5.91 Å². The van der Waals surface area contributed by atoms with E-state index in [1.807, 2.05) is 0 Å². The summed E-state index contributed by atoms with van der Waals surface area (Å²) >= 11 is 0. The van der Waals surface area contributed by atoms with Crippen LogP contribution in [0.15, 0.2) is 18.2 Å². The van der Waals surface area contributed by atoms with Gasteiger partial charge in [0, 0.05) is 5.69 Å². The first kappa shape index (κ1) is 10.9. The molecule has 0 fully saturated rings. The molecule has 1 amide bonds. The fourth-order valence-corrected chi connectivity index (χ4v) is 1.18. The molecule has 0 heterocycles. The Hall–Kier alpha value is -2.15. The Kier molecular flexibility index (Phi) is 3.58. The molecule has 1 aromatic rings. The van der Waals surface area contributed by atoms with Crippen molar-refractivity contribution in [3.05, 3.63) is 23.8 Å². The van der Waals surface area contributed by atoms with E-state index >= 15 is 0 Å². The number of terminal acetylenes is 1. The van der Waals surface area contributed by atoms with Crippen molar-refractivity contribution in [1.82, 2.24) is 5.32 Å². The number of methoxy groups -OCH3 is 1. The number of nitrogens with two attached hydrogens (primary N) is 1. The lowest BCUT2D eigenvalue weighted by Gasteiger charge is -2.09. The molecule has 15 heavy (non-hydrogen) atoms. The first-order valence-electron chi connectivity index (χ1n) is 4.34. The van der Waals surface area contributed by atoms with Crippen molar-refractivity contribution in [3.8, 4) is 18.1 Å². The van der Waals surface area contributed by atoms with Gasteiger partial charge in [0.1, 0.15) is 11.3 Å². The predicted octanol–water partition coefficient (Wildman–Crippen LogP) is 0.640. The van der Waals surface area contributed by atoms with Gasteiger partial charge in [-0.05, 0) is 12.1 Å². The Labute approximate surface area is 88.4 Å². The summed E-state index contributed by atoms with van der Waals surface area (Å²) in [6, 6.07) is 5.01. The second-order valence-electron chi connectivity index (χ2n) is 2.81. The fourth-order valence-electron chi connectivity index (χ4n) is 1.18. The van der Waals surface area contributed by atoms with E-state index in [2.05, 4.69) is 11.2 Å². The number of benzene rings is 1. The highest BCUT2D eigenvalue weighted by molar-refractivity contribution is 6.01. The van der Waals surface area contributed by atoms with Crippen LogP contribution in [-0.2, 0) is 0 Å². The molecule has 4 heteroatoms. The highest BCUT2D eigenvalue weighted by Crippen LogP contribution is 2.23. The van der Waals surface area contributed by atoms with Gasteiger partial charge in [0.15, 0.2) is 0 Å². The summed E-state index contributed by atoms with van der Waals surface area (Å²) in [6.45, 7) is 0.163. The standard InChI is InChI=1S/C11H12N2O2/c1-3-7-13-11(14)10-8(12)5-4-6-9(10)15-2/h1,4-6H,7,12H2,2H3,(H,13,14). The molecule has 0 aliphatic heterocycles. The highest BCUT2D eigenvalue weighted by atomic mass is 16.5. The molecule has 0 atom stereocenters. The van der Waals surface area contributed by atoms with Gasteiger partial charge < -0.3 is 15.8 Å². The summed E-state index contributed by atoms with van der Waals surface area (Å²) in [7, 11) is 1.48. The van der Waals surface area contributed by atoms with E-state index < -0.39 is 0 Å². The van der Waals surface area contributed by atoms with E-state index in [1.165, 1.54) is 7.11 Å². The Bertz CT molecular complexity index is 408. The van der Waals surface area contributed by atoms with E-state index in [9.17, 15) is 4.79 Å². The van der Waals surface area contributed by atoms with Gasteiger partial charge in [0.2, 0.25) is 0 Å². The first-order chi connectivity index (χ1) is 7.20. The van der Waals surface area contributed by atoms with Crippen molar-refractivity contribution in [2.75, 3.05) is 19.4 Å². The number of hydrogen-bond acceptors (Lipinski definition) is 3. The van der Waals surface area contributed by atoms with E-state index in [0.29, 0.717) is 17.0 Å². The Morgan fingerprint density at radius 3 is 3.00 bits per heavy atom. The number of hydrogen-bond donors (Lipinski definition) is 2. The van der Waals surface area contributed by atoms with Crippen LogP contribution in [0.5, 0.6) is 5.75 Å². The summed E-state index contributed by atoms with van der Waals surface area (Å²) in [6.07, 6.45) is 5.04. The van der Waals surface area contributed by atoms with Gasteiger partial charge in [-0.25, -0.2) is 0 Å². The number of nitrogens with one attached hydrogen (secondary N) is 1. The summed E-state index contributed by atoms with van der Waals surface area (Å²) < 4.78 is 5.03. The van der Waals surface area contributed by atoms with Crippen LogP contribution < -0.4 is 15.8 Å². The molecule has 1 rings (SSSR count). The zero-order valence-electron chi connectivity index (χ0n) is 8.41. The van der Waals surface area contributed by atoms with E-state index in [0.717, 1.165) is 0 Å². The highest BCUT2D eigenvalue weighted by Gasteiger charge is 2.14. The van der Waals surface area contributed by atoms with Crippen molar-refractivity contribution >= 4 is 11.6 Å². The van der Waals surface area contributed by atoms with Crippen molar-refractivity contribution in [1.29, 1.82) is 0 Å². The smallest absolute Gasteiger partial charge is 0.257 e. The Morgan fingerprint density at radius 1 is 1.67 bits per heavy atom. The summed E-state index contributed by atoms with van der Waals surface area (Å²) in [5.74, 6) is 2.42. The molecule has 0 bridgehead atoms. The third kappa shape index (κ3) is 2.41. The first-order valence-corrected chi connectivity index (χ1v) is 4.34. The second kappa shape index (κ2) is 4.91. The molecule has 0 spiro atoms. The number of amides is 1. The normalized spacial score (nSPS) is 9.07. The molecular weight excluding hydrogens is 192 g/mol. The van der Waals surface area contributed by atoms with E-state index in [-0.39, 0.29) is 12.5 Å². The molecule has 0 saturated carbocycles. The van der Waals surface area contributed by atoms with Gasteiger partial charge in [-0.1, -0.05) is 12.0 Å². The topological polar surface area (TPSA) is 64.4 Å². The maximum Gasteiger partial charge on any atom is 0.257 e. The van der Waals surface area contributed by atoms with Crippen LogP contribution in [0.4, 0.5) is 5.69 Å². The van der Waals surface area contributed by atoms with Crippen molar-refractivity contribution in [3.63, 3.8) is 0 Å². The van der Waals surface area contributed by atoms with Crippen LogP contribution in [0.2, 0.25) is 0 Å². The minimum Gasteiger partial charge on any atom is -0.496 e. The maximum atomic E-state index is 11.6. The number of nitrogen functional groups attached to an aromatic ring is 1. The largest absolute Gasteiger partial charge is 0.496 e. The molecule has 0 unspecified atom stereocenters. The molecule has 0 saturated heterocycles. The molecule has 0 aliphatic rings. The van der Waals surface area contributed by atoms with Crippen LogP contribution in [-0.4, -0.2) is 19.6 Å². The summed E-state index contributed by atoms with van der Waals surface area (Å²) in [5.41, 5.74) is 6.36. The number of ether oxygens (including phenoxy) is 1. The van der Waals surface area contributed by atoms with Gasteiger partial charge in [-0.15, -0.1) is 6.42 Å². The van der Waals surface area contributed by atoms with Gasteiger partial charge in [-0.3, -0.25) is 4.79 Å². The molecule has 1 aromatic carbocycles. The summed E-state index contributed by atoms with van der Waals surface area (Å²) in [5, 5.41) is 2.53. The zero-order chi connectivity index (χ0) is 11.3. The zero-order valence-corrected chi connectivity index (χ0v) is 8.41. The molecule has 4 nitrogen and oxygen atoms in total. The molecule has 0 aromatic heterocycles. The SMILES string of the molecule is C#CCNC(=O)c1c(N)cccc1OC. The van der Waals surface area contributed by atoms with Crippen LogP contribution in [0.25, 0.3) is 0 Å². The lowest BCUT2D eigenvalue weighted by molar-refractivity contribution is 0.0956. The molecule has 3 N–H and O–H groups in total. The minimum absolute atomic E-state index is 0.163. The van der Waals surface area contributed by atoms with E-state index in [1.54, 1.807) is 18.2 Å². The van der Waals surface area contributed by atoms with Gasteiger partial charge in [-0.2, -0.15) is 0 Å². The monoisotopic (exact) mass is 204 g/mol. The Balaban J connectivity index is 3.01. The van der Waals surface area contributed by atoms with Crippen LogP contribution in [0.3, 0.4) is 0 Å². The van der Waals surface area contributed by atoms with Gasteiger partial charge >= 0.3 is 0 Å². The fraction of sp³-hybridized carbons (Fsp3) is 0.182. The second-order valence-corrected chi connectivity index (χ2v) is 2.81. The predicted molar refractivity (Wildman–Crippen MR) is 58.6 cm³/mol. The lowest BCUT2D eigenvalue weighted by atomic mass is 10.1. The van der Waals surface area contributed by atoms with Crippen LogP contribution in [0.1, 0.15) is 10.4 Å². The molecule has 0 aliphatic carbocycles. The number of rotatable bonds is 3. The van der Waals surface area contributed by atoms with Crippen molar-refractivity contribution in [2.24, 2.45) is 0 Å². The minimum atomic E-state index is -0.331. The molecule has 78 valence electrons. The Morgan fingerprint density at radius 2 is 2.40 bits per heavy atom. The molecular formula is C11H12N2O2. The average Bonchev–Trinajstić information content (AvgIpc) is 2.25.